The fourth-order valence-corrected chi connectivity index (χ4v) is 4.44. The topological polar surface area (TPSA) is 80.1 Å². The lowest BCUT2D eigenvalue weighted by atomic mass is 10.1. The minimum absolute atomic E-state index is 0.200. The van der Waals surface area contributed by atoms with Gasteiger partial charge >= 0.3 is 0 Å². The first kappa shape index (κ1) is 16.9. The summed E-state index contributed by atoms with van der Waals surface area (Å²) in [5.74, 6) is 1.11. The largest absolute Gasteiger partial charge is 0.384 e. The van der Waals surface area contributed by atoms with Crippen molar-refractivity contribution in [3.05, 3.63) is 36.4 Å². The van der Waals surface area contributed by atoms with Crippen molar-refractivity contribution in [2.24, 2.45) is 7.05 Å². The van der Waals surface area contributed by atoms with E-state index in [9.17, 15) is 8.42 Å². The van der Waals surface area contributed by atoms with Crippen LogP contribution in [0.1, 0.15) is 31.5 Å². The zero-order valence-corrected chi connectivity index (χ0v) is 14.8. The van der Waals surface area contributed by atoms with E-state index in [1.807, 2.05) is 23.7 Å². The van der Waals surface area contributed by atoms with Gasteiger partial charge in [-0.3, -0.25) is 0 Å². The van der Waals surface area contributed by atoms with Crippen molar-refractivity contribution in [1.82, 2.24) is 19.1 Å². The Bertz CT molecular complexity index is 779. The highest BCUT2D eigenvalue weighted by molar-refractivity contribution is 7.89. The lowest BCUT2D eigenvalue weighted by Gasteiger charge is -2.16. The first-order valence-electron chi connectivity index (χ1n) is 8.16. The van der Waals surface area contributed by atoms with Crippen LogP contribution in [-0.2, 0) is 17.1 Å². The second-order valence-corrected chi connectivity index (χ2v) is 8.16. The maximum absolute atomic E-state index is 12.5. The van der Waals surface area contributed by atoms with Crippen LogP contribution in [0.3, 0.4) is 0 Å². The van der Waals surface area contributed by atoms with Crippen molar-refractivity contribution in [2.45, 2.75) is 30.6 Å². The molecule has 0 saturated carbocycles. The van der Waals surface area contributed by atoms with Crippen LogP contribution in [0.2, 0.25) is 0 Å². The molecule has 1 saturated heterocycles. The average Bonchev–Trinajstić information content (AvgIpc) is 3.24. The van der Waals surface area contributed by atoms with Gasteiger partial charge in [-0.05, 0) is 37.1 Å². The summed E-state index contributed by atoms with van der Waals surface area (Å²) in [6.07, 6.45) is 3.57. The van der Waals surface area contributed by atoms with Crippen molar-refractivity contribution in [3.63, 3.8) is 0 Å². The number of aromatic nitrogens is 3. The number of nitrogens with one attached hydrogen (secondary N) is 1. The molecule has 7 nitrogen and oxygen atoms in total. The van der Waals surface area contributed by atoms with Crippen LogP contribution in [-0.4, -0.2) is 47.1 Å². The van der Waals surface area contributed by atoms with E-state index in [0.29, 0.717) is 24.5 Å². The van der Waals surface area contributed by atoms with Gasteiger partial charge in [0.15, 0.2) is 0 Å². The van der Waals surface area contributed by atoms with Crippen molar-refractivity contribution in [1.29, 1.82) is 0 Å². The molecule has 1 aliphatic heterocycles. The van der Waals surface area contributed by atoms with E-state index in [0.717, 1.165) is 24.4 Å². The predicted octanol–water partition coefficient (Wildman–Crippen LogP) is 1.82. The summed E-state index contributed by atoms with van der Waals surface area (Å²) in [5, 5.41) is 11.3. The fraction of sp³-hybridized carbons (Fsp3) is 0.500. The molecule has 1 fully saturated rings. The summed E-state index contributed by atoms with van der Waals surface area (Å²) in [6, 6.07) is 6.96. The number of sulfonamides is 1. The monoisotopic (exact) mass is 349 g/mol. The van der Waals surface area contributed by atoms with Crippen LogP contribution in [0, 0.1) is 0 Å². The average molecular weight is 349 g/mol. The third kappa shape index (κ3) is 3.44. The van der Waals surface area contributed by atoms with Crippen LogP contribution in [0.5, 0.6) is 0 Å². The molecule has 0 bridgehead atoms. The molecule has 0 amide bonds. The molecule has 0 spiro atoms. The van der Waals surface area contributed by atoms with Gasteiger partial charge in [0.25, 0.3) is 0 Å². The maximum atomic E-state index is 12.5. The number of hydrogen-bond acceptors (Lipinski definition) is 5. The van der Waals surface area contributed by atoms with Crippen LogP contribution in [0.15, 0.2) is 35.5 Å². The van der Waals surface area contributed by atoms with E-state index < -0.39 is 10.0 Å². The zero-order valence-electron chi connectivity index (χ0n) is 14.0. The Morgan fingerprint density at radius 3 is 2.46 bits per heavy atom. The minimum Gasteiger partial charge on any atom is -0.384 e. The molecule has 1 aromatic carbocycles. The Kier molecular flexibility index (Phi) is 4.86. The Morgan fingerprint density at radius 1 is 1.21 bits per heavy atom. The third-order valence-corrected chi connectivity index (χ3v) is 6.27. The van der Waals surface area contributed by atoms with Crippen molar-refractivity contribution < 1.29 is 8.42 Å². The van der Waals surface area contributed by atoms with E-state index in [2.05, 4.69) is 22.4 Å². The predicted molar refractivity (Wildman–Crippen MR) is 92.3 cm³/mol. The van der Waals surface area contributed by atoms with E-state index in [1.54, 1.807) is 22.8 Å². The van der Waals surface area contributed by atoms with Crippen LogP contribution >= 0.6 is 0 Å². The normalized spacial score (nSPS) is 17.1. The lowest BCUT2D eigenvalue weighted by Crippen LogP contribution is -2.27. The zero-order chi connectivity index (χ0) is 17.2. The van der Waals surface area contributed by atoms with Gasteiger partial charge in [0.2, 0.25) is 10.0 Å². The van der Waals surface area contributed by atoms with E-state index in [-0.39, 0.29) is 5.92 Å². The first-order valence-corrected chi connectivity index (χ1v) is 9.60. The summed E-state index contributed by atoms with van der Waals surface area (Å²) >= 11 is 0. The Balaban J connectivity index is 1.63. The van der Waals surface area contributed by atoms with Gasteiger partial charge in [-0.25, -0.2) is 8.42 Å². The number of aryl methyl sites for hydroxylation is 1. The Labute approximate surface area is 142 Å². The Morgan fingerprint density at radius 2 is 1.88 bits per heavy atom. The van der Waals surface area contributed by atoms with Gasteiger partial charge in [0.1, 0.15) is 12.2 Å². The molecule has 3 rings (SSSR count). The van der Waals surface area contributed by atoms with Crippen LogP contribution in [0.25, 0.3) is 0 Å². The molecule has 8 heteroatoms. The molecule has 1 aromatic heterocycles. The second kappa shape index (κ2) is 6.90. The van der Waals surface area contributed by atoms with Gasteiger partial charge in [-0.2, -0.15) is 4.31 Å². The molecule has 24 heavy (non-hydrogen) atoms. The van der Waals surface area contributed by atoms with Gasteiger partial charge in [-0.1, -0.05) is 6.92 Å². The highest BCUT2D eigenvalue weighted by Gasteiger charge is 2.26. The van der Waals surface area contributed by atoms with E-state index in [4.69, 9.17) is 0 Å². The second-order valence-electron chi connectivity index (χ2n) is 6.22. The van der Waals surface area contributed by atoms with Crippen molar-refractivity contribution in [2.75, 3.05) is 25.0 Å². The molecule has 1 atom stereocenters. The molecular formula is C16H23N5O2S. The highest BCUT2D eigenvalue weighted by atomic mass is 32.2. The summed E-state index contributed by atoms with van der Waals surface area (Å²) in [5.41, 5.74) is 0.893. The molecule has 1 N–H and O–H groups in total. The van der Waals surface area contributed by atoms with Crippen LogP contribution < -0.4 is 5.32 Å². The number of nitrogens with zero attached hydrogens (tertiary/aromatic N) is 4. The quantitative estimate of drug-likeness (QED) is 0.860. The summed E-state index contributed by atoms with van der Waals surface area (Å²) in [7, 11) is -1.42. The highest BCUT2D eigenvalue weighted by Crippen LogP contribution is 2.22. The number of benzene rings is 1. The van der Waals surface area contributed by atoms with Crippen molar-refractivity contribution >= 4 is 15.7 Å². The first-order chi connectivity index (χ1) is 11.5. The molecule has 0 aliphatic carbocycles. The molecule has 2 aromatic rings. The van der Waals surface area contributed by atoms with Gasteiger partial charge < -0.3 is 9.88 Å². The molecule has 0 radical (unpaired) electrons. The summed E-state index contributed by atoms with van der Waals surface area (Å²) < 4.78 is 28.4. The minimum atomic E-state index is -3.34. The molecule has 2 heterocycles. The fourth-order valence-electron chi connectivity index (χ4n) is 2.92. The van der Waals surface area contributed by atoms with Crippen molar-refractivity contribution in [3.8, 4) is 0 Å². The smallest absolute Gasteiger partial charge is 0.243 e. The molecule has 130 valence electrons. The molecular weight excluding hydrogens is 326 g/mol. The molecule has 1 unspecified atom stereocenters. The van der Waals surface area contributed by atoms with Gasteiger partial charge in [-0.15, -0.1) is 10.2 Å². The number of hydrogen-bond donors (Lipinski definition) is 1. The van der Waals surface area contributed by atoms with E-state index in [1.165, 1.54) is 0 Å². The third-order valence-electron chi connectivity index (χ3n) is 4.36. The van der Waals surface area contributed by atoms with Gasteiger partial charge in [0.05, 0.1) is 4.90 Å². The maximum Gasteiger partial charge on any atom is 0.243 e. The SMILES string of the molecule is CC(CNc1ccc(S(=O)(=O)N2CCCC2)cc1)c1nncn1C. The number of anilines is 1. The summed E-state index contributed by atoms with van der Waals surface area (Å²) in [6.45, 7) is 4.02. The van der Waals surface area contributed by atoms with E-state index >= 15 is 0 Å². The standard InChI is InChI=1S/C16H23N5O2S/c1-13(16-19-18-12-20(16)2)11-17-14-5-7-15(8-6-14)24(22,23)21-9-3-4-10-21/h5-8,12-13,17H,3-4,9-11H2,1-2H3. The summed E-state index contributed by atoms with van der Waals surface area (Å²) in [4.78, 5) is 0.358. The van der Waals surface area contributed by atoms with Gasteiger partial charge in [0, 0.05) is 38.3 Å². The lowest BCUT2D eigenvalue weighted by molar-refractivity contribution is 0.477. The number of rotatable bonds is 6. The Hall–Kier alpha value is -1.93. The van der Waals surface area contributed by atoms with Crippen LogP contribution in [0.4, 0.5) is 5.69 Å². The molecule has 1 aliphatic rings.